The molecule has 0 fully saturated rings. The van der Waals surface area contributed by atoms with Crippen molar-refractivity contribution < 1.29 is 9.50 Å². The summed E-state index contributed by atoms with van der Waals surface area (Å²) in [4.78, 5) is 4.46. The van der Waals surface area contributed by atoms with Crippen LogP contribution in [0.15, 0.2) is 23.2 Å². The van der Waals surface area contributed by atoms with Gasteiger partial charge < -0.3 is 15.7 Å². The van der Waals surface area contributed by atoms with Gasteiger partial charge in [0.05, 0.1) is 13.2 Å². The van der Waals surface area contributed by atoms with Crippen LogP contribution in [0.5, 0.6) is 0 Å². The zero-order valence-electron chi connectivity index (χ0n) is 12.6. The number of benzene rings is 1. The average molecular weight is 281 g/mol. The first-order chi connectivity index (χ1) is 9.35. The molecule has 0 bridgehead atoms. The lowest BCUT2D eigenvalue weighted by atomic mass is 10.1. The molecule has 1 aromatic rings. The summed E-state index contributed by atoms with van der Waals surface area (Å²) in [5, 5.41) is 15.5. The molecule has 1 aromatic carbocycles. The molecule has 0 aliphatic carbocycles. The molecule has 20 heavy (non-hydrogen) atoms. The van der Waals surface area contributed by atoms with Crippen LogP contribution in [0.3, 0.4) is 0 Å². The molecule has 3 N–H and O–H groups in total. The minimum atomic E-state index is -0.389. The Morgan fingerprint density at radius 2 is 2.05 bits per heavy atom. The molecule has 0 heterocycles. The van der Waals surface area contributed by atoms with Crippen molar-refractivity contribution in [1.29, 1.82) is 0 Å². The molecule has 0 aromatic heterocycles. The quantitative estimate of drug-likeness (QED) is 0.585. The number of guanidine groups is 1. The molecule has 0 radical (unpaired) electrons. The number of halogens is 1. The summed E-state index contributed by atoms with van der Waals surface area (Å²) >= 11 is 0. The van der Waals surface area contributed by atoms with E-state index in [1.807, 2.05) is 6.92 Å². The van der Waals surface area contributed by atoms with Crippen LogP contribution in [-0.4, -0.2) is 23.1 Å². The largest absolute Gasteiger partial charge is 0.392 e. The second-order valence-electron chi connectivity index (χ2n) is 5.65. The summed E-state index contributed by atoms with van der Waals surface area (Å²) < 4.78 is 13.3. The molecule has 5 heteroatoms. The Hall–Kier alpha value is -1.62. The summed E-state index contributed by atoms with van der Waals surface area (Å²) in [6.07, 6.45) is 0. The van der Waals surface area contributed by atoms with Gasteiger partial charge in [-0.1, -0.05) is 6.07 Å². The van der Waals surface area contributed by atoms with Gasteiger partial charge in [-0.2, -0.15) is 0 Å². The Morgan fingerprint density at radius 3 is 2.60 bits per heavy atom. The van der Waals surface area contributed by atoms with Crippen molar-refractivity contribution in [1.82, 2.24) is 10.6 Å². The van der Waals surface area contributed by atoms with Gasteiger partial charge in [0.2, 0.25) is 0 Å². The van der Waals surface area contributed by atoms with Gasteiger partial charge in [0.1, 0.15) is 5.82 Å². The summed E-state index contributed by atoms with van der Waals surface area (Å²) in [7, 11) is 0. The SMILES string of the molecule is CCNC(=NCc1ccc(F)c(CO)c1)NC(C)(C)C. The van der Waals surface area contributed by atoms with E-state index in [0.29, 0.717) is 12.1 Å². The van der Waals surface area contributed by atoms with E-state index < -0.39 is 0 Å². The Kier molecular flexibility index (Phi) is 5.95. The summed E-state index contributed by atoms with van der Waals surface area (Å²) in [6, 6.07) is 4.68. The van der Waals surface area contributed by atoms with Crippen LogP contribution < -0.4 is 10.6 Å². The lowest BCUT2D eigenvalue weighted by Gasteiger charge is -2.23. The zero-order chi connectivity index (χ0) is 15.2. The molecular weight excluding hydrogens is 257 g/mol. The lowest BCUT2D eigenvalue weighted by molar-refractivity contribution is 0.275. The van der Waals surface area contributed by atoms with Gasteiger partial charge in [0.25, 0.3) is 0 Å². The normalized spacial score (nSPS) is 12.4. The van der Waals surface area contributed by atoms with Crippen LogP contribution in [0.1, 0.15) is 38.8 Å². The van der Waals surface area contributed by atoms with Gasteiger partial charge in [-0.15, -0.1) is 0 Å². The standard InChI is InChI=1S/C15H24FN3O/c1-5-17-14(19-15(2,3)4)18-9-11-6-7-13(16)12(8-11)10-20/h6-8,20H,5,9-10H2,1-4H3,(H2,17,18,19). The van der Waals surface area contributed by atoms with E-state index in [4.69, 9.17) is 5.11 Å². The fourth-order valence-corrected chi connectivity index (χ4v) is 1.68. The Bertz CT molecular complexity index is 467. The molecular formula is C15H24FN3O. The van der Waals surface area contributed by atoms with Crippen molar-refractivity contribution in [2.75, 3.05) is 6.54 Å². The third kappa shape index (κ3) is 5.57. The maximum Gasteiger partial charge on any atom is 0.191 e. The monoisotopic (exact) mass is 281 g/mol. The fraction of sp³-hybridized carbons (Fsp3) is 0.533. The van der Waals surface area contributed by atoms with Crippen molar-refractivity contribution in [3.63, 3.8) is 0 Å². The van der Waals surface area contributed by atoms with E-state index in [0.717, 1.165) is 18.1 Å². The van der Waals surface area contributed by atoms with E-state index in [1.165, 1.54) is 6.07 Å². The minimum absolute atomic E-state index is 0.0833. The summed E-state index contributed by atoms with van der Waals surface area (Å²) in [5.41, 5.74) is 1.08. The van der Waals surface area contributed by atoms with E-state index in [2.05, 4.69) is 36.4 Å². The van der Waals surface area contributed by atoms with Crippen LogP contribution in [0.25, 0.3) is 0 Å². The smallest absolute Gasteiger partial charge is 0.191 e. The van der Waals surface area contributed by atoms with Crippen LogP contribution in [0.2, 0.25) is 0 Å². The third-order valence-electron chi connectivity index (χ3n) is 2.54. The van der Waals surface area contributed by atoms with Crippen molar-refractivity contribution in [3.05, 3.63) is 35.1 Å². The van der Waals surface area contributed by atoms with E-state index >= 15 is 0 Å². The first-order valence-corrected chi connectivity index (χ1v) is 6.80. The van der Waals surface area contributed by atoms with Crippen LogP contribution in [-0.2, 0) is 13.2 Å². The number of aliphatic hydroxyl groups excluding tert-OH is 1. The lowest BCUT2D eigenvalue weighted by Crippen LogP contribution is -2.47. The number of hydrogen-bond donors (Lipinski definition) is 3. The Morgan fingerprint density at radius 1 is 1.35 bits per heavy atom. The highest BCUT2D eigenvalue weighted by Crippen LogP contribution is 2.11. The van der Waals surface area contributed by atoms with E-state index in [9.17, 15) is 4.39 Å². The van der Waals surface area contributed by atoms with Crippen LogP contribution >= 0.6 is 0 Å². The van der Waals surface area contributed by atoms with Crippen molar-refractivity contribution >= 4 is 5.96 Å². The van der Waals surface area contributed by atoms with Crippen molar-refractivity contribution in [3.8, 4) is 0 Å². The topological polar surface area (TPSA) is 56.7 Å². The fourth-order valence-electron chi connectivity index (χ4n) is 1.68. The molecule has 0 saturated heterocycles. The molecule has 0 saturated carbocycles. The maximum absolute atomic E-state index is 13.3. The highest BCUT2D eigenvalue weighted by Gasteiger charge is 2.11. The average Bonchev–Trinajstić information content (AvgIpc) is 2.36. The van der Waals surface area contributed by atoms with E-state index in [-0.39, 0.29) is 18.0 Å². The number of nitrogens with one attached hydrogen (secondary N) is 2. The number of aliphatic imine (C=N–C) groups is 1. The first-order valence-electron chi connectivity index (χ1n) is 6.80. The van der Waals surface area contributed by atoms with Gasteiger partial charge in [0, 0.05) is 17.6 Å². The highest BCUT2D eigenvalue weighted by molar-refractivity contribution is 5.80. The second kappa shape index (κ2) is 7.24. The molecule has 0 unspecified atom stereocenters. The van der Waals surface area contributed by atoms with Gasteiger partial charge >= 0.3 is 0 Å². The van der Waals surface area contributed by atoms with E-state index in [1.54, 1.807) is 12.1 Å². The Balaban J connectivity index is 2.81. The second-order valence-corrected chi connectivity index (χ2v) is 5.65. The maximum atomic E-state index is 13.3. The number of rotatable bonds is 4. The highest BCUT2D eigenvalue weighted by atomic mass is 19.1. The van der Waals surface area contributed by atoms with Gasteiger partial charge in [0.15, 0.2) is 5.96 Å². The molecule has 0 aliphatic rings. The van der Waals surface area contributed by atoms with Crippen LogP contribution in [0, 0.1) is 5.82 Å². The zero-order valence-corrected chi connectivity index (χ0v) is 12.6. The summed E-state index contributed by atoms with van der Waals surface area (Å²) in [5.74, 6) is 0.329. The number of aliphatic hydroxyl groups is 1. The molecule has 112 valence electrons. The molecule has 4 nitrogen and oxygen atoms in total. The molecule has 0 spiro atoms. The predicted octanol–water partition coefficient (Wildman–Crippen LogP) is 2.17. The molecule has 0 amide bonds. The minimum Gasteiger partial charge on any atom is -0.392 e. The predicted molar refractivity (Wildman–Crippen MR) is 80.0 cm³/mol. The van der Waals surface area contributed by atoms with Crippen molar-refractivity contribution in [2.24, 2.45) is 4.99 Å². The summed E-state index contributed by atoms with van der Waals surface area (Å²) in [6.45, 7) is 9.07. The first kappa shape index (κ1) is 16.4. The third-order valence-corrected chi connectivity index (χ3v) is 2.54. The number of nitrogens with zero attached hydrogens (tertiary/aromatic N) is 1. The van der Waals surface area contributed by atoms with Crippen LogP contribution in [0.4, 0.5) is 4.39 Å². The molecule has 0 atom stereocenters. The Labute approximate surface area is 120 Å². The molecule has 0 aliphatic heterocycles. The van der Waals surface area contributed by atoms with Gasteiger partial charge in [-0.3, -0.25) is 0 Å². The number of hydrogen-bond acceptors (Lipinski definition) is 2. The van der Waals surface area contributed by atoms with Crippen molar-refractivity contribution in [2.45, 2.75) is 46.4 Å². The van der Waals surface area contributed by atoms with Gasteiger partial charge in [-0.25, -0.2) is 9.38 Å². The molecule has 1 rings (SSSR count). The van der Waals surface area contributed by atoms with Gasteiger partial charge in [-0.05, 0) is 45.4 Å².